The Bertz CT molecular complexity index is 777. The maximum absolute atomic E-state index is 11.9. The molecular weight excluding hydrogens is 374 g/mol. The number of benzene rings is 1. The Labute approximate surface area is 162 Å². The summed E-state index contributed by atoms with van der Waals surface area (Å²) in [5, 5.41) is 9.54. The molecule has 0 aliphatic carbocycles. The van der Waals surface area contributed by atoms with Gasteiger partial charge in [-0.2, -0.15) is 0 Å². The third-order valence-corrected chi connectivity index (χ3v) is 5.38. The highest BCUT2D eigenvalue weighted by Gasteiger charge is 2.23. The van der Waals surface area contributed by atoms with E-state index >= 15 is 0 Å². The SMILES string of the molecule is CCCCCCC(Oc1ccc2[nH]cc(CCNC)c2c1)S(N)(=O)=O.Cl. The lowest BCUT2D eigenvalue weighted by Crippen LogP contribution is -2.33. The van der Waals surface area contributed by atoms with Crippen molar-refractivity contribution in [1.82, 2.24) is 10.3 Å². The summed E-state index contributed by atoms with van der Waals surface area (Å²) >= 11 is 0. The number of nitrogens with two attached hydrogens (primary N) is 1. The molecule has 0 bridgehead atoms. The predicted octanol–water partition coefficient (Wildman–Crippen LogP) is 3.32. The fraction of sp³-hybridized carbons (Fsp3) is 0.556. The van der Waals surface area contributed by atoms with Gasteiger partial charge in [-0.25, -0.2) is 13.6 Å². The number of primary sulfonamides is 1. The van der Waals surface area contributed by atoms with Gasteiger partial charge in [-0.05, 0) is 50.2 Å². The number of sulfonamides is 1. The molecule has 0 saturated carbocycles. The summed E-state index contributed by atoms with van der Waals surface area (Å²) in [5.74, 6) is 0.535. The minimum absolute atomic E-state index is 0. The monoisotopic (exact) mass is 403 g/mol. The van der Waals surface area contributed by atoms with Crippen molar-refractivity contribution in [3.05, 3.63) is 30.0 Å². The van der Waals surface area contributed by atoms with Gasteiger partial charge in [0.1, 0.15) is 5.75 Å². The molecule has 1 unspecified atom stereocenters. The summed E-state index contributed by atoms with van der Waals surface area (Å²) in [6.07, 6.45) is 7.23. The standard InChI is InChI=1S/C18H29N3O3S.ClH/c1-3-4-5-6-7-18(25(19,22)23)24-15-8-9-17-16(12-15)14(13-21-17)10-11-20-2;/h8-9,12-13,18,20-21H,3-7,10-11H2,1-2H3,(H2,19,22,23);1H. The lowest BCUT2D eigenvalue weighted by molar-refractivity contribution is 0.257. The fourth-order valence-corrected chi connectivity index (χ4v) is 3.62. The zero-order chi connectivity index (χ0) is 18.3. The highest BCUT2D eigenvalue weighted by atomic mass is 35.5. The Kier molecular flexibility index (Phi) is 9.43. The number of halogens is 1. The largest absolute Gasteiger partial charge is 0.473 e. The van der Waals surface area contributed by atoms with Crippen molar-refractivity contribution in [3.63, 3.8) is 0 Å². The first-order chi connectivity index (χ1) is 12.0. The molecule has 1 aromatic heterocycles. The number of fused-ring (bicyclic) bond motifs is 1. The van der Waals surface area contributed by atoms with Crippen LogP contribution in [0.15, 0.2) is 24.4 Å². The van der Waals surface area contributed by atoms with Gasteiger partial charge in [-0.1, -0.05) is 26.2 Å². The van der Waals surface area contributed by atoms with Crippen LogP contribution in [0.2, 0.25) is 0 Å². The first-order valence-electron chi connectivity index (χ1n) is 8.88. The van der Waals surface area contributed by atoms with Gasteiger partial charge in [0.25, 0.3) is 0 Å². The van der Waals surface area contributed by atoms with Crippen molar-refractivity contribution in [1.29, 1.82) is 0 Å². The van der Waals surface area contributed by atoms with E-state index in [1.807, 2.05) is 25.4 Å². The van der Waals surface area contributed by atoms with Gasteiger partial charge in [0, 0.05) is 23.5 Å². The van der Waals surface area contributed by atoms with Gasteiger partial charge in [-0.3, -0.25) is 0 Å². The first-order valence-corrected chi connectivity index (χ1v) is 10.5. The number of nitrogens with one attached hydrogen (secondary N) is 2. The molecule has 8 heteroatoms. The van der Waals surface area contributed by atoms with E-state index in [1.54, 1.807) is 6.07 Å². The third-order valence-electron chi connectivity index (χ3n) is 4.31. The normalized spacial score (nSPS) is 12.7. The molecule has 4 N–H and O–H groups in total. The van der Waals surface area contributed by atoms with Crippen LogP contribution in [0.25, 0.3) is 10.9 Å². The van der Waals surface area contributed by atoms with Gasteiger partial charge < -0.3 is 15.0 Å². The molecule has 1 atom stereocenters. The minimum atomic E-state index is -3.75. The minimum Gasteiger partial charge on any atom is -0.473 e. The lowest BCUT2D eigenvalue weighted by Gasteiger charge is -2.17. The maximum atomic E-state index is 11.9. The Morgan fingerprint density at radius 2 is 2.04 bits per heavy atom. The Morgan fingerprint density at radius 1 is 1.27 bits per heavy atom. The zero-order valence-corrected chi connectivity index (χ0v) is 17.1. The third kappa shape index (κ3) is 6.46. The van der Waals surface area contributed by atoms with Crippen LogP contribution >= 0.6 is 12.4 Å². The topological polar surface area (TPSA) is 97.2 Å². The Hall–Kier alpha value is -1.28. The number of aromatic nitrogens is 1. The van der Waals surface area contributed by atoms with E-state index in [0.717, 1.165) is 49.6 Å². The van der Waals surface area contributed by atoms with Crippen LogP contribution in [0.3, 0.4) is 0 Å². The van der Waals surface area contributed by atoms with E-state index in [-0.39, 0.29) is 12.4 Å². The molecular formula is C18H30ClN3O3S. The fourth-order valence-electron chi connectivity index (χ4n) is 2.88. The van der Waals surface area contributed by atoms with Crippen molar-refractivity contribution in [2.24, 2.45) is 5.14 Å². The summed E-state index contributed by atoms with van der Waals surface area (Å²) in [5.41, 5.74) is 1.18. The van der Waals surface area contributed by atoms with E-state index in [4.69, 9.17) is 9.88 Å². The van der Waals surface area contributed by atoms with Crippen LogP contribution in [0.1, 0.15) is 44.6 Å². The van der Waals surface area contributed by atoms with Crippen LogP contribution in [0.4, 0.5) is 0 Å². The van der Waals surface area contributed by atoms with Crippen molar-refractivity contribution >= 4 is 33.3 Å². The highest BCUT2D eigenvalue weighted by Crippen LogP contribution is 2.26. The van der Waals surface area contributed by atoms with Crippen LogP contribution in [0, 0.1) is 0 Å². The van der Waals surface area contributed by atoms with Crippen LogP contribution < -0.4 is 15.2 Å². The van der Waals surface area contributed by atoms with Gasteiger partial charge >= 0.3 is 0 Å². The average Bonchev–Trinajstić information content (AvgIpc) is 2.97. The van der Waals surface area contributed by atoms with Crippen molar-refractivity contribution in [2.45, 2.75) is 50.9 Å². The predicted molar refractivity (Wildman–Crippen MR) is 109 cm³/mol. The number of hydrogen-bond acceptors (Lipinski definition) is 4. The second kappa shape index (κ2) is 10.8. The van der Waals surface area contributed by atoms with Crippen molar-refractivity contribution in [3.8, 4) is 5.75 Å². The molecule has 6 nitrogen and oxygen atoms in total. The number of hydrogen-bond donors (Lipinski definition) is 3. The van der Waals surface area contributed by atoms with E-state index < -0.39 is 15.5 Å². The van der Waals surface area contributed by atoms with E-state index in [9.17, 15) is 8.42 Å². The number of ether oxygens (including phenoxy) is 1. The number of rotatable bonds is 11. The average molecular weight is 404 g/mol. The smallest absolute Gasteiger partial charge is 0.247 e. The molecule has 0 fully saturated rings. The molecule has 0 aliphatic heterocycles. The van der Waals surface area contributed by atoms with Crippen molar-refractivity contribution in [2.75, 3.05) is 13.6 Å². The van der Waals surface area contributed by atoms with Gasteiger partial charge in [0.2, 0.25) is 15.5 Å². The molecule has 2 rings (SSSR count). The summed E-state index contributed by atoms with van der Waals surface area (Å²) in [6, 6.07) is 5.58. The van der Waals surface area contributed by atoms with Crippen molar-refractivity contribution < 1.29 is 13.2 Å². The first kappa shape index (κ1) is 22.8. The molecule has 1 heterocycles. The molecule has 0 aliphatic rings. The van der Waals surface area contributed by atoms with E-state index in [0.29, 0.717) is 12.2 Å². The number of H-pyrrole nitrogens is 1. The molecule has 0 saturated heterocycles. The van der Waals surface area contributed by atoms with Gasteiger partial charge in [0.05, 0.1) is 0 Å². The second-order valence-electron chi connectivity index (χ2n) is 6.36. The van der Waals surface area contributed by atoms with Gasteiger partial charge in [-0.15, -0.1) is 12.4 Å². The molecule has 0 spiro atoms. The van der Waals surface area contributed by atoms with E-state index in [1.165, 1.54) is 5.56 Å². The van der Waals surface area contributed by atoms with Gasteiger partial charge in [0.15, 0.2) is 0 Å². The summed E-state index contributed by atoms with van der Waals surface area (Å²) < 4.78 is 29.5. The Balaban J connectivity index is 0.00000338. The van der Waals surface area contributed by atoms with Crippen LogP contribution in [-0.4, -0.2) is 32.4 Å². The lowest BCUT2D eigenvalue weighted by atomic mass is 10.1. The summed E-state index contributed by atoms with van der Waals surface area (Å²) in [7, 11) is -1.84. The summed E-state index contributed by atoms with van der Waals surface area (Å²) in [6.45, 7) is 2.99. The molecule has 0 radical (unpaired) electrons. The van der Waals surface area contributed by atoms with Crippen LogP contribution in [0.5, 0.6) is 5.75 Å². The van der Waals surface area contributed by atoms with Crippen LogP contribution in [-0.2, 0) is 16.4 Å². The number of likely N-dealkylation sites (N-methyl/N-ethyl adjacent to an activating group) is 1. The quantitative estimate of drug-likeness (QED) is 0.501. The zero-order valence-electron chi connectivity index (χ0n) is 15.5. The molecule has 1 aromatic carbocycles. The number of aromatic amines is 1. The van der Waals surface area contributed by atoms with E-state index in [2.05, 4.69) is 17.2 Å². The number of unbranched alkanes of at least 4 members (excludes halogenated alkanes) is 3. The molecule has 0 amide bonds. The summed E-state index contributed by atoms with van der Waals surface area (Å²) in [4.78, 5) is 3.23. The molecule has 148 valence electrons. The maximum Gasteiger partial charge on any atom is 0.247 e. The Morgan fingerprint density at radius 3 is 2.69 bits per heavy atom. The molecule has 2 aromatic rings. The second-order valence-corrected chi connectivity index (χ2v) is 8.06. The molecule has 26 heavy (non-hydrogen) atoms. The highest BCUT2D eigenvalue weighted by molar-refractivity contribution is 7.89.